The smallest absolute Gasteiger partial charge is 0.204 e. The molecule has 1 atom stereocenters. The predicted molar refractivity (Wildman–Crippen MR) is 63.7 cm³/mol. The summed E-state index contributed by atoms with van der Waals surface area (Å²) in [6, 6.07) is 8.58. The Morgan fingerprint density at radius 1 is 1.24 bits per heavy atom. The summed E-state index contributed by atoms with van der Waals surface area (Å²) in [5.41, 5.74) is 0.528. The van der Waals surface area contributed by atoms with E-state index in [0.29, 0.717) is 5.56 Å². The summed E-state index contributed by atoms with van der Waals surface area (Å²) in [7, 11) is 0. The number of carbonyl (C=O) groups is 2. The fraction of sp³-hybridized carbons (Fsp3) is 0.143. The first-order chi connectivity index (χ1) is 8.11. The number of allylic oxidation sites excluding steroid dienone is 4. The molecule has 1 aliphatic carbocycles. The zero-order valence-corrected chi connectivity index (χ0v) is 9.38. The minimum Gasteiger partial charge on any atom is -0.504 e. The van der Waals surface area contributed by atoms with Crippen LogP contribution >= 0.6 is 0 Å². The second-order valence-corrected chi connectivity index (χ2v) is 3.97. The summed E-state index contributed by atoms with van der Waals surface area (Å²) in [4.78, 5) is 23.6. The van der Waals surface area contributed by atoms with Crippen LogP contribution in [-0.2, 0) is 4.79 Å². The molecule has 1 N–H and O–H groups in total. The van der Waals surface area contributed by atoms with Gasteiger partial charge in [-0.25, -0.2) is 0 Å². The molecular formula is C14H12O3. The van der Waals surface area contributed by atoms with Crippen molar-refractivity contribution < 1.29 is 14.7 Å². The normalized spacial score (nSPS) is 19.6. The number of benzene rings is 1. The third-order valence-corrected chi connectivity index (χ3v) is 2.73. The molecule has 0 saturated heterocycles. The third kappa shape index (κ3) is 2.04. The number of hydrogen-bond donors (Lipinski definition) is 1. The van der Waals surface area contributed by atoms with Gasteiger partial charge in [0.25, 0.3) is 0 Å². The molecule has 0 spiro atoms. The van der Waals surface area contributed by atoms with Gasteiger partial charge in [0, 0.05) is 11.5 Å². The maximum absolute atomic E-state index is 12.0. The number of rotatable bonds is 2. The fourth-order valence-corrected chi connectivity index (χ4v) is 1.68. The average Bonchev–Trinajstić information content (AvgIpc) is 2.36. The third-order valence-electron chi connectivity index (χ3n) is 2.73. The summed E-state index contributed by atoms with van der Waals surface area (Å²) >= 11 is 0. The molecule has 3 heteroatoms. The van der Waals surface area contributed by atoms with Gasteiger partial charge in [0.05, 0.1) is 5.57 Å². The van der Waals surface area contributed by atoms with Gasteiger partial charge < -0.3 is 5.11 Å². The van der Waals surface area contributed by atoms with Gasteiger partial charge in [-0.05, 0) is 0 Å². The maximum atomic E-state index is 12.0. The Balaban J connectivity index is 2.40. The number of ketones is 2. The van der Waals surface area contributed by atoms with E-state index >= 15 is 0 Å². The summed E-state index contributed by atoms with van der Waals surface area (Å²) in [6.45, 7) is 1.68. The number of carbonyl (C=O) groups excluding carboxylic acids is 2. The Kier molecular flexibility index (Phi) is 2.91. The highest BCUT2D eigenvalue weighted by molar-refractivity contribution is 6.16. The molecule has 1 unspecified atom stereocenters. The number of hydrogen-bond acceptors (Lipinski definition) is 3. The monoisotopic (exact) mass is 228 g/mol. The van der Waals surface area contributed by atoms with E-state index in [1.165, 1.54) is 6.08 Å². The molecule has 0 bridgehead atoms. The van der Waals surface area contributed by atoms with Crippen molar-refractivity contribution in [2.75, 3.05) is 0 Å². The zero-order chi connectivity index (χ0) is 12.4. The molecule has 0 aromatic heterocycles. The first kappa shape index (κ1) is 11.3. The van der Waals surface area contributed by atoms with Gasteiger partial charge >= 0.3 is 0 Å². The van der Waals surface area contributed by atoms with Crippen LogP contribution in [0.4, 0.5) is 0 Å². The van der Waals surface area contributed by atoms with E-state index in [0.717, 1.165) is 0 Å². The highest BCUT2D eigenvalue weighted by Crippen LogP contribution is 2.21. The van der Waals surface area contributed by atoms with Crippen molar-refractivity contribution in [3.63, 3.8) is 0 Å². The van der Waals surface area contributed by atoms with Crippen molar-refractivity contribution in [3.05, 3.63) is 59.4 Å². The van der Waals surface area contributed by atoms with Gasteiger partial charge in [-0.15, -0.1) is 0 Å². The standard InChI is InChI=1S/C14H12O3/c1-9-7-8-11(14(17)12(9)15)13(16)10-5-3-2-4-6-10/h2-9,17H,1H3. The Bertz CT molecular complexity index is 524. The molecule has 0 fully saturated rings. The predicted octanol–water partition coefficient (Wildman–Crippen LogP) is 2.46. The van der Waals surface area contributed by atoms with Gasteiger partial charge in [-0.1, -0.05) is 49.4 Å². The molecule has 1 aliphatic rings. The summed E-state index contributed by atoms with van der Waals surface area (Å²) < 4.78 is 0. The molecule has 1 aromatic carbocycles. The van der Waals surface area contributed by atoms with Crippen LogP contribution in [0.5, 0.6) is 0 Å². The lowest BCUT2D eigenvalue weighted by molar-refractivity contribution is -0.120. The van der Waals surface area contributed by atoms with E-state index in [1.807, 2.05) is 0 Å². The van der Waals surface area contributed by atoms with Crippen LogP contribution in [0.2, 0.25) is 0 Å². The molecule has 0 saturated carbocycles. The molecule has 0 aliphatic heterocycles. The van der Waals surface area contributed by atoms with E-state index < -0.39 is 11.5 Å². The molecule has 1 aromatic rings. The second-order valence-electron chi connectivity index (χ2n) is 3.97. The quantitative estimate of drug-likeness (QED) is 0.791. The van der Waals surface area contributed by atoms with Crippen LogP contribution in [0, 0.1) is 5.92 Å². The van der Waals surface area contributed by atoms with E-state index in [4.69, 9.17) is 0 Å². The van der Waals surface area contributed by atoms with E-state index in [-0.39, 0.29) is 17.3 Å². The molecule has 2 rings (SSSR count). The van der Waals surface area contributed by atoms with Crippen LogP contribution in [-0.4, -0.2) is 16.7 Å². The molecule has 86 valence electrons. The Hall–Kier alpha value is -2.16. The zero-order valence-electron chi connectivity index (χ0n) is 9.38. The Labute approximate surface area is 99.1 Å². The van der Waals surface area contributed by atoms with Crippen molar-refractivity contribution in [1.82, 2.24) is 0 Å². The fourth-order valence-electron chi connectivity index (χ4n) is 1.68. The van der Waals surface area contributed by atoms with Crippen molar-refractivity contribution in [1.29, 1.82) is 0 Å². The largest absolute Gasteiger partial charge is 0.504 e. The van der Waals surface area contributed by atoms with Gasteiger partial charge in [-0.2, -0.15) is 0 Å². The minimum atomic E-state index is -0.436. The Morgan fingerprint density at radius 2 is 1.88 bits per heavy atom. The van der Waals surface area contributed by atoms with E-state index in [9.17, 15) is 14.7 Å². The van der Waals surface area contributed by atoms with Crippen molar-refractivity contribution >= 4 is 11.6 Å². The van der Waals surface area contributed by atoms with E-state index in [1.54, 1.807) is 43.3 Å². The average molecular weight is 228 g/mol. The molecule has 3 nitrogen and oxygen atoms in total. The van der Waals surface area contributed by atoms with Crippen LogP contribution in [0.15, 0.2) is 53.8 Å². The lowest BCUT2D eigenvalue weighted by Gasteiger charge is -2.13. The van der Waals surface area contributed by atoms with Gasteiger partial charge in [0.15, 0.2) is 11.5 Å². The minimum absolute atomic E-state index is 0.0688. The number of Topliss-reactive ketones (excluding diaryl/α,β-unsaturated/α-hetero) is 2. The highest BCUT2D eigenvalue weighted by atomic mass is 16.3. The van der Waals surface area contributed by atoms with Crippen molar-refractivity contribution in [3.8, 4) is 0 Å². The molecule has 0 radical (unpaired) electrons. The second kappa shape index (κ2) is 4.37. The maximum Gasteiger partial charge on any atom is 0.204 e. The van der Waals surface area contributed by atoms with Gasteiger partial charge in [0.2, 0.25) is 5.78 Å². The van der Waals surface area contributed by atoms with E-state index in [2.05, 4.69) is 0 Å². The van der Waals surface area contributed by atoms with Gasteiger partial charge in [0.1, 0.15) is 0 Å². The molecule has 0 heterocycles. The lowest BCUT2D eigenvalue weighted by atomic mass is 9.91. The summed E-state index contributed by atoms with van der Waals surface area (Å²) in [5.74, 6) is -1.55. The Morgan fingerprint density at radius 3 is 2.53 bits per heavy atom. The van der Waals surface area contributed by atoms with Crippen LogP contribution in [0.3, 0.4) is 0 Å². The topological polar surface area (TPSA) is 54.4 Å². The summed E-state index contributed by atoms with van der Waals surface area (Å²) in [5, 5.41) is 9.70. The molecule has 17 heavy (non-hydrogen) atoms. The van der Waals surface area contributed by atoms with Crippen molar-refractivity contribution in [2.24, 2.45) is 5.92 Å². The van der Waals surface area contributed by atoms with Crippen LogP contribution in [0.1, 0.15) is 17.3 Å². The first-order valence-corrected chi connectivity index (χ1v) is 5.36. The lowest BCUT2D eigenvalue weighted by Crippen LogP contribution is -2.19. The number of aliphatic hydroxyl groups excluding tert-OH is 1. The first-order valence-electron chi connectivity index (χ1n) is 5.36. The van der Waals surface area contributed by atoms with Crippen LogP contribution in [0.25, 0.3) is 0 Å². The summed E-state index contributed by atoms with van der Waals surface area (Å²) in [6.07, 6.45) is 3.13. The molecular weight excluding hydrogens is 216 g/mol. The number of aliphatic hydroxyl groups is 1. The highest BCUT2D eigenvalue weighted by Gasteiger charge is 2.26. The molecule has 0 amide bonds. The van der Waals surface area contributed by atoms with Crippen molar-refractivity contribution in [2.45, 2.75) is 6.92 Å². The van der Waals surface area contributed by atoms with Crippen LogP contribution < -0.4 is 0 Å². The SMILES string of the molecule is CC1C=CC(C(=O)c2ccccc2)=C(O)C1=O. The van der Waals surface area contributed by atoms with Gasteiger partial charge in [-0.3, -0.25) is 9.59 Å².